The van der Waals surface area contributed by atoms with Crippen LogP contribution in [0.5, 0.6) is 0 Å². The molecule has 3 aliphatic heterocycles. The number of piperazine rings is 3. The van der Waals surface area contributed by atoms with Crippen molar-refractivity contribution < 1.29 is 28.7 Å². The monoisotopic (exact) mass is 1770 g/mol. The Morgan fingerprint density at radius 3 is 1.37 bits per heavy atom. The molecule has 658 valence electrons. The normalized spacial score (nSPS) is 14.9. The maximum atomic E-state index is 13.5. The van der Waals surface area contributed by atoms with E-state index in [2.05, 4.69) is 112 Å². The van der Waals surface area contributed by atoms with Gasteiger partial charge in [-0.05, 0) is 181 Å². The fraction of sp³-hybridized carbons (Fsp3) is 0.451. The van der Waals surface area contributed by atoms with E-state index in [0.717, 1.165) is 205 Å². The van der Waals surface area contributed by atoms with Gasteiger partial charge >= 0.3 is 0 Å². The number of carbonyl (C=O) groups is 4. The van der Waals surface area contributed by atoms with Crippen LogP contribution in [0, 0.1) is 27.7 Å². The first kappa shape index (κ1) is 90.3. The van der Waals surface area contributed by atoms with Crippen molar-refractivity contribution in [3.05, 3.63) is 200 Å². The second kappa shape index (κ2) is 42.8. The third-order valence-electron chi connectivity index (χ3n) is 23.1. The van der Waals surface area contributed by atoms with E-state index >= 15 is 0 Å². The molecule has 0 unspecified atom stereocenters. The summed E-state index contributed by atoms with van der Waals surface area (Å²) >= 11 is 6.58. The van der Waals surface area contributed by atoms with Crippen molar-refractivity contribution in [2.24, 2.45) is 0 Å². The van der Waals surface area contributed by atoms with Crippen molar-refractivity contribution in [2.75, 3.05) is 138 Å². The summed E-state index contributed by atoms with van der Waals surface area (Å²) in [5, 5.41) is 26.2. The van der Waals surface area contributed by atoms with Gasteiger partial charge in [-0.15, -0.1) is 45.3 Å². The number of rotatable bonds is 30. The number of aryl methyl sites for hydroxylation is 3. The van der Waals surface area contributed by atoms with Crippen LogP contribution in [0.25, 0.3) is 66.1 Å². The minimum absolute atomic E-state index is 0.0139. The highest BCUT2D eigenvalue weighted by atomic mass is 32.1. The predicted molar refractivity (Wildman–Crippen MR) is 491 cm³/mol. The zero-order valence-corrected chi connectivity index (χ0v) is 76.9. The second-order valence-electron chi connectivity index (χ2n) is 31.6. The molecule has 0 radical (unpaired) electrons. The maximum Gasteiger partial charge on any atom is 0.257 e. The minimum Gasteiger partial charge on any atom is -0.480 e. The fourth-order valence-corrected chi connectivity index (χ4v) is 18.7. The van der Waals surface area contributed by atoms with Crippen molar-refractivity contribution >= 4 is 69.0 Å². The summed E-state index contributed by atoms with van der Waals surface area (Å²) in [4.78, 5) is 112. The molecule has 0 bridgehead atoms. The fourth-order valence-electron chi connectivity index (χ4n) is 15.6. The van der Waals surface area contributed by atoms with E-state index in [1.165, 1.54) is 12.8 Å². The molecule has 0 atom stereocenters. The summed E-state index contributed by atoms with van der Waals surface area (Å²) in [6.07, 6.45) is 21.7. The second-order valence-corrected chi connectivity index (χ2v) is 35.4. The van der Waals surface area contributed by atoms with E-state index in [9.17, 15) is 19.2 Å². The third kappa shape index (κ3) is 21.6. The van der Waals surface area contributed by atoms with Crippen molar-refractivity contribution in [2.45, 2.75) is 133 Å². The molecule has 2 saturated carbocycles. The quantitative estimate of drug-likeness (QED) is 0.0378. The number of hydrogen-bond donors (Lipinski definition) is 0. The topological polar surface area (TPSA) is 287 Å². The number of nitrogens with zero attached hydrogens (tertiary/aromatic N) is 24. The SMILES string of the molecule is C=C(OCC)N1CCN(C(=O)c2cnn(-c3ncc(C)c(-c4cccs4)n3)c2C)CC1.CCCCN1CCN(C(=O)c2cnn(-c3nccc(-c4cccs4)n3)c2C2CC2)CC1.CCCN1CCN(C(=O)c2cnn(-c3ncc(C)c(-c4cccs4)n3)c2COC)CC1.CCN(CC)CCN(CC)C(=O)c1cnn(-c2ncc(C)c(-c3cccs3)n2)c1C1CC1. The van der Waals surface area contributed by atoms with Crippen LogP contribution in [0.2, 0.25) is 0 Å². The molecule has 0 aromatic carbocycles. The Bertz CT molecular complexity index is 5550. The maximum absolute atomic E-state index is 13.5. The highest BCUT2D eigenvalue weighted by Crippen LogP contribution is 2.44. The molecule has 3 saturated heterocycles. The standard InChI is InChI=1S/C24H32N6OS.C23H28N6OS.C22H26N6O2S.C22H28N6O2S/c1-5-28(6-2)12-13-29(7-3)23(31)19-16-26-30(22(19)18-10-11-18)24-25-15-17(4)21(27-24)20-9-8-14-32-20;1-2-3-10-27-11-13-28(14-12-27)22(30)18-16-25-29(21(18)17-6-7-17)23-24-9-8-19(26-23)20-5-4-15-31-20;1-5-30-17(4)26-8-10-27(11-9-26)21(29)18-14-24-28(16(18)3)22-23-13-15(2)20(25-22)19-7-6-12-31-19;1-4-7-26-8-10-27(11-9-26)21(29)17-14-24-28(18(17)15-30-3)22-23-13-16(2)20(25-22)19-6-5-12-31-19/h8-9,14-16,18H,5-7,10-13H2,1-4H3;4-5,8-9,15-17H,2-3,6-7,10-14H2,1H3;6-7,12-14H,4-5,8-11H2,1-3H3;5-6,12-14H,4,7-11,15H2,1-3H3. The van der Waals surface area contributed by atoms with Crippen molar-refractivity contribution in [1.82, 2.24) is 118 Å². The van der Waals surface area contributed by atoms with E-state index in [0.29, 0.717) is 103 Å². The van der Waals surface area contributed by atoms with Crippen LogP contribution in [0.1, 0.15) is 179 Å². The molecule has 30 nitrogen and oxygen atoms in total. The average molecular weight is 1770 g/mol. The van der Waals surface area contributed by atoms with Crippen LogP contribution < -0.4 is 0 Å². The van der Waals surface area contributed by atoms with E-state index in [4.69, 9.17) is 29.4 Å². The Balaban J connectivity index is 0.000000135. The summed E-state index contributed by atoms with van der Waals surface area (Å²) in [5.41, 5.74) is 12.4. The van der Waals surface area contributed by atoms with Gasteiger partial charge in [0.2, 0.25) is 0 Å². The number of likely N-dealkylation sites (N-methyl/N-ethyl adjacent to an activating group) is 2. The number of ether oxygens (including phenoxy) is 2. The largest absolute Gasteiger partial charge is 0.480 e. The summed E-state index contributed by atoms with van der Waals surface area (Å²) in [6.45, 7) is 41.1. The highest BCUT2D eigenvalue weighted by Gasteiger charge is 2.38. The number of thiophene rings is 4. The zero-order valence-electron chi connectivity index (χ0n) is 73.6. The van der Waals surface area contributed by atoms with Gasteiger partial charge in [0.25, 0.3) is 47.4 Å². The molecule has 15 heterocycles. The van der Waals surface area contributed by atoms with Crippen molar-refractivity contribution in [3.8, 4) is 66.1 Å². The molecule has 12 aromatic rings. The lowest BCUT2D eigenvalue weighted by Gasteiger charge is -2.36. The van der Waals surface area contributed by atoms with Crippen LogP contribution in [0.3, 0.4) is 0 Å². The third-order valence-corrected chi connectivity index (χ3v) is 26.6. The molecule has 17 rings (SSSR count). The molecule has 34 heteroatoms. The Kier molecular flexibility index (Phi) is 30.9. The molecule has 12 aromatic heterocycles. The van der Waals surface area contributed by atoms with Gasteiger partial charge in [-0.2, -0.15) is 25.1 Å². The molecule has 0 N–H and O–H groups in total. The molecular formula is C91H114N24O6S4. The van der Waals surface area contributed by atoms with Gasteiger partial charge in [-0.1, -0.05) is 58.4 Å². The van der Waals surface area contributed by atoms with E-state index in [-0.39, 0.29) is 30.2 Å². The first-order valence-corrected chi connectivity index (χ1v) is 47.1. The Labute approximate surface area is 747 Å². The van der Waals surface area contributed by atoms with Gasteiger partial charge in [0, 0.05) is 142 Å². The van der Waals surface area contributed by atoms with Crippen LogP contribution in [0.4, 0.5) is 0 Å². The van der Waals surface area contributed by atoms with Gasteiger partial charge in [0.15, 0.2) is 5.88 Å². The molecular weight excluding hydrogens is 1650 g/mol. The van der Waals surface area contributed by atoms with E-state index in [1.54, 1.807) is 115 Å². The molecule has 5 aliphatic rings. The lowest BCUT2D eigenvalue weighted by Crippen LogP contribution is -2.48. The van der Waals surface area contributed by atoms with Gasteiger partial charge in [-0.3, -0.25) is 29.0 Å². The summed E-state index contributed by atoms with van der Waals surface area (Å²) < 4.78 is 17.7. The average Bonchev–Trinajstić information content (AvgIpc) is 1.56. The van der Waals surface area contributed by atoms with E-state index in [1.807, 2.05) is 126 Å². The lowest BCUT2D eigenvalue weighted by atomic mass is 10.1. The molecule has 2 aliphatic carbocycles. The number of aromatic nitrogens is 16. The molecule has 4 amide bonds. The number of amides is 4. The summed E-state index contributed by atoms with van der Waals surface area (Å²) in [7, 11) is 1.61. The van der Waals surface area contributed by atoms with Crippen LogP contribution in [0.15, 0.2) is 138 Å². The summed E-state index contributed by atoms with van der Waals surface area (Å²) in [5.74, 6) is 3.44. The van der Waals surface area contributed by atoms with Crippen LogP contribution in [-0.4, -0.2) is 280 Å². The summed E-state index contributed by atoms with van der Waals surface area (Å²) in [6, 6.07) is 18.2. The first-order chi connectivity index (χ1) is 60.9. The molecule has 125 heavy (non-hydrogen) atoms. The molecule has 5 fully saturated rings. The Hall–Kier alpha value is -11.0. The predicted octanol–water partition coefficient (Wildman–Crippen LogP) is 14.5. The highest BCUT2D eigenvalue weighted by molar-refractivity contribution is 7.14. The van der Waals surface area contributed by atoms with Crippen molar-refractivity contribution in [1.29, 1.82) is 0 Å². The number of unbranched alkanes of at least 4 members (excludes halogenated alkanes) is 1. The number of carbonyl (C=O) groups excluding carboxylic acids is 4. The van der Waals surface area contributed by atoms with Gasteiger partial charge in [0.05, 0.1) is 125 Å². The zero-order chi connectivity index (χ0) is 87.6. The van der Waals surface area contributed by atoms with Gasteiger partial charge in [0.1, 0.15) is 0 Å². The van der Waals surface area contributed by atoms with E-state index < -0.39 is 0 Å². The smallest absolute Gasteiger partial charge is 0.257 e. The number of methoxy groups -OCH3 is 1. The number of hydrogen-bond acceptors (Lipinski definition) is 26. The Morgan fingerprint density at radius 1 is 0.456 bits per heavy atom. The Morgan fingerprint density at radius 2 is 0.888 bits per heavy atom. The minimum atomic E-state index is -0.0315. The van der Waals surface area contributed by atoms with Gasteiger partial charge < -0.3 is 38.9 Å². The van der Waals surface area contributed by atoms with Crippen LogP contribution in [-0.2, 0) is 16.1 Å². The van der Waals surface area contributed by atoms with Gasteiger partial charge in [-0.25, -0.2) is 53.9 Å². The van der Waals surface area contributed by atoms with Crippen molar-refractivity contribution in [3.63, 3.8) is 0 Å². The first-order valence-electron chi connectivity index (χ1n) is 43.6. The van der Waals surface area contributed by atoms with Crippen LogP contribution >= 0.6 is 45.3 Å². The lowest BCUT2D eigenvalue weighted by molar-refractivity contribution is 0.0537. The molecule has 0 spiro atoms.